The van der Waals surface area contributed by atoms with Crippen molar-refractivity contribution >= 4 is 34.6 Å². The average molecular weight is 313 g/mol. The molecule has 0 heterocycles. The molecule has 5 nitrogen and oxygen atoms in total. The van der Waals surface area contributed by atoms with E-state index in [1.54, 1.807) is 18.2 Å². The first-order valence-electron chi connectivity index (χ1n) is 5.62. The number of aromatic hydroxyl groups is 1. The van der Waals surface area contributed by atoms with Gasteiger partial charge in [0, 0.05) is 35.0 Å². The number of hydrogen-bond donors (Lipinski definition) is 2. The summed E-state index contributed by atoms with van der Waals surface area (Å²) < 4.78 is 0. The molecule has 20 heavy (non-hydrogen) atoms. The molecule has 0 aliphatic heterocycles. The summed E-state index contributed by atoms with van der Waals surface area (Å²) in [5, 5.41) is 24.0. The van der Waals surface area contributed by atoms with Gasteiger partial charge in [0.1, 0.15) is 5.75 Å². The van der Waals surface area contributed by atoms with Gasteiger partial charge in [-0.25, -0.2) is 0 Å². The molecule has 0 aromatic heterocycles. The topological polar surface area (TPSA) is 75.4 Å². The molecule has 0 amide bonds. The highest BCUT2D eigenvalue weighted by molar-refractivity contribution is 6.35. The van der Waals surface area contributed by atoms with Gasteiger partial charge in [-0.2, -0.15) is 0 Å². The largest absolute Gasteiger partial charge is 0.506 e. The van der Waals surface area contributed by atoms with Crippen molar-refractivity contribution in [1.82, 2.24) is 0 Å². The van der Waals surface area contributed by atoms with Crippen LogP contribution in [0.4, 0.5) is 11.4 Å². The predicted octanol–water partition coefficient (Wildman–Crippen LogP) is 4.22. The first-order valence-corrected chi connectivity index (χ1v) is 6.38. The molecular weight excluding hydrogens is 303 g/mol. The third kappa shape index (κ3) is 3.31. The van der Waals surface area contributed by atoms with E-state index in [9.17, 15) is 15.2 Å². The van der Waals surface area contributed by atoms with E-state index in [0.29, 0.717) is 22.8 Å². The monoisotopic (exact) mass is 312 g/mol. The minimum Gasteiger partial charge on any atom is -0.506 e. The standard InChI is InChI=1S/C13H10Cl2N2O3/c14-9-5-8(13(18)12(15)6-9)7-16-10-1-3-11(4-2-10)17(19)20/h1-6,16,18H,7H2. The lowest BCUT2D eigenvalue weighted by atomic mass is 10.2. The third-order valence-corrected chi connectivity index (χ3v) is 3.17. The van der Waals surface area contributed by atoms with Gasteiger partial charge in [0.2, 0.25) is 0 Å². The van der Waals surface area contributed by atoms with Gasteiger partial charge in [0.25, 0.3) is 5.69 Å². The molecule has 0 aliphatic carbocycles. The quantitative estimate of drug-likeness (QED) is 0.654. The highest BCUT2D eigenvalue weighted by Gasteiger charge is 2.08. The Bertz CT molecular complexity index is 645. The lowest BCUT2D eigenvalue weighted by molar-refractivity contribution is -0.384. The van der Waals surface area contributed by atoms with Crippen LogP contribution >= 0.6 is 23.2 Å². The summed E-state index contributed by atoms with van der Waals surface area (Å²) in [6.07, 6.45) is 0. The first-order chi connectivity index (χ1) is 9.47. The Morgan fingerprint density at radius 2 is 1.85 bits per heavy atom. The number of halogens is 2. The first kappa shape index (κ1) is 14.4. The molecule has 2 aromatic carbocycles. The predicted molar refractivity (Wildman–Crippen MR) is 78.5 cm³/mol. The number of nitrogens with zero attached hydrogens (tertiary/aromatic N) is 1. The molecule has 0 bridgehead atoms. The molecule has 2 N–H and O–H groups in total. The van der Waals surface area contributed by atoms with Crippen molar-refractivity contribution < 1.29 is 10.0 Å². The fourth-order valence-corrected chi connectivity index (χ4v) is 2.19. The maximum absolute atomic E-state index is 10.5. The summed E-state index contributed by atoms with van der Waals surface area (Å²) in [6.45, 7) is 0.296. The number of hydrogen-bond acceptors (Lipinski definition) is 4. The lowest BCUT2D eigenvalue weighted by Gasteiger charge is -2.09. The molecule has 0 atom stereocenters. The Morgan fingerprint density at radius 3 is 2.45 bits per heavy atom. The Balaban J connectivity index is 2.11. The van der Waals surface area contributed by atoms with E-state index in [0.717, 1.165) is 0 Å². The number of nitrogens with one attached hydrogen (secondary N) is 1. The van der Waals surface area contributed by atoms with Gasteiger partial charge in [0.05, 0.1) is 9.95 Å². The van der Waals surface area contributed by atoms with Crippen LogP contribution in [-0.2, 0) is 6.54 Å². The third-order valence-electron chi connectivity index (χ3n) is 2.67. The van der Waals surface area contributed by atoms with Gasteiger partial charge < -0.3 is 10.4 Å². The van der Waals surface area contributed by atoms with Crippen molar-refractivity contribution in [3.63, 3.8) is 0 Å². The average Bonchev–Trinajstić information content (AvgIpc) is 2.41. The van der Waals surface area contributed by atoms with Gasteiger partial charge in [0.15, 0.2) is 0 Å². The van der Waals surface area contributed by atoms with Crippen LogP contribution in [-0.4, -0.2) is 10.0 Å². The Morgan fingerprint density at radius 1 is 1.20 bits per heavy atom. The molecular formula is C13H10Cl2N2O3. The maximum atomic E-state index is 10.5. The summed E-state index contributed by atoms with van der Waals surface area (Å²) >= 11 is 11.7. The van der Waals surface area contributed by atoms with Crippen molar-refractivity contribution in [3.05, 3.63) is 62.1 Å². The molecule has 0 fully saturated rings. The highest BCUT2D eigenvalue weighted by atomic mass is 35.5. The summed E-state index contributed by atoms with van der Waals surface area (Å²) in [4.78, 5) is 10.1. The number of non-ortho nitro benzene ring substituents is 1. The number of nitro benzene ring substituents is 1. The van der Waals surface area contributed by atoms with E-state index in [1.807, 2.05) is 0 Å². The van der Waals surface area contributed by atoms with Gasteiger partial charge in [-0.3, -0.25) is 10.1 Å². The lowest BCUT2D eigenvalue weighted by Crippen LogP contribution is -2.00. The molecule has 0 spiro atoms. The van der Waals surface area contributed by atoms with Crippen molar-refractivity contribution in [1.29, 1.82) is 0 Å². The number of phenolic OH excluding ortho intramolecular Hbond substituents is 1. The zero-order chi connectivity index (χ0) is 14.7. The van der Waals surface area contributed by atoms with E-state index < -0.39 is 4.92 Å². The summed E-state index contributed by atoms with van der Waals surface area (Å²) in [7, 11) is 0. The number of phenols is 1. The summed E-state index contributed by atoms with van der Waals surface area (Å²) in [5.74, 6) is -0.0366. The van der Waals surface area contributed by atoms with E-state index in [1.165, 1.54) is 18.2 Å². The number of benzene rings is 2. The van der Waals surface area contributed by atoms with Crippen molar-refractivity contribution in [2.45, 2.75) is 6.54 Å². The van der Waals surface area contributed by atoms with E-state index in [2.05, 4.69) is 5.32 Å². The Kier molecular flexibility index (Phi) is 4.32. The number of anilines is 1. The molecule has 0 saturated carbocycles. The van der Waals surface area contributed by atoms with Crippen molar-refractivity contribution in [2.24, 2.45) is 0 Å². The number of rotatable bonds is 4. The van der Waals surface area contributed by atoms with Gasteiger partial charge >= 0.3 is 0 Å². The maximum Gasteiger partial charge on any atom is 0.269 e. The van der Waals surface area contributed by atoms with Crippen LogP contribution in [0.15, 0.2) is 36.4 Å². The smallest absolute Gasteiger partial charge is 0.269 e. The Hall–Kier alpha value is -1.98. The van der Waals surface area contributed by atoms with Crippen LogP contribution < -0.4 is 5.32 Å². The molecule has 0 saturated heterocycles. The zero-order valence-corrected chi connectivity index (χ0v) is 11.6. The molecule has 7 heteroatoms. The SMILES string of the molecule is O=[N+]([O-])c1ccc(NCc2cc(Cl)cc(Cl)c2O)cc1. The van der Waals surface area contributed by atoms with Crippen molar-refractivity contribution in [2.75, 3.05) is 5.32 Å². The van der Waals surface area contributed by atoms with Gasteiger partial charge in [-0.05, 0) is 24.3 Å². The van der Waals surface area contributed by atoms with Gasteiger partial charge in [-0.15, -0.1) is 0 Å². The number of nitro groups is 1. The van der Waals surface area contributed by atoms with Crippen LogP contribution in [0.2, 0.25) is 10.0 Å². The minimum atomic E-state index is -0.466. The molecule has 0 radical (unpaired) electrons. The molecule has 0 aliphatic rings. The van der Waals surface area contributed by atoms with Crippen LogP contribution in [0.3, 0.4) is 0 Å². The fraction of sp³-hybridized carbons (Fsp3) is 0.0769. The molecule has 0 unspecified atom stereocenters. The Labute approximate surface area is 124 Å². The van der Waals surface area contributed by atoms with Crippen LogP contribution in [0.25, 0.3) is 0 Å². The molecule has 2 aromatic rings. The molecule has 104 valence electrons. The second kappa shape index (κ2) is 5.98. The normalized spacial score (nSPS) is 10.3. The van der Waals surface area contributed by atoms with E-state index in [-0.39, 0.29) is 16.5 Å². The second-order valence-corrected chi connectivity index (χ2v) is 4.90. The zero-order valence-electron chi connectivity index (χ0n) is 10.1. The van der Waals surface area contributed by atoms with Crippen LogP contribution in [0, 0.1) is 10.1 Å². The minimum absolute atomic E-state index is 0.0178. The van der Waals surface area contributed by atoms with Crippen LogP contribution in [0.1, 0.15) is 5.56 Å². The van der Waals surface area contributed by atoms with E-state index in [4.69, 9.17) is 23.2 Å². The summed E-state index contributed by atoms with van der Waals surface area (Å²) in [5.41, 5.74) is 1.25. The second-order valence-electron chi connectivity index (χ2n) is 4.05. The van der Waals surface area contributed by atoms with Gasteiger partial charge in [-0.1, -0.05) is 23.2 Å². The van der Waals surface area contributed by atoms with Crippen molar-refractivity contribution in [3.8, 4) is 5.75 Å². The summed E-state index contributed by atoms with van der Waals surface area (Å²) in [6, 6.07) is 9.01. The highest BCUT2D eigenvalue weighted by Crippen LogP contribution is 2.31. The fourth-order valence-electron chi connectivity index (χ4n) is 1.65. The molecule has 2 rings (SSSR count). The van der Waals surface area contributed by atoms with Crippen LogP contribution in [0.5, 0.6) is 5.75 Å². The van der Waals surface area contributed by atoms with E-state index >= 15 is 0 Å².